The Morgan fingerprint density at radius 1 is 1.29 bits per heavy atom. The Bertz CT molecular complexity index is 381. The van der Waals surface area contributed by atoms with Gasteiger partial charge in [-0.25, -0.2) is 4.39 Å². The van der Waals surface area contributed by atoms with Crippen molar-refractivity contribution >= 4 is 11.6 Å². The van der Waals surface area contributed by atoms with Crippen LogP contribution < -0.4 is 10.2 Å². The van der Waals surface area contributed by atoms with Crippen LogP contribution in [0.3, 0.4) is 0 Å². The molecule has 1 amide bonds. The molecule has 1 aromatic rings. The second-order valence-corrected chi connectivity index (χ2v) is 5.03. The number of carbonyl (C=O) groups is 1. The van der Waals surface area contributed by atoms with E-state index in [-0.39, 0.29) is 23.8 Å². The van der Waals surface area contributed by atoms with Crippen LogP contribution in [0.2, 0.25) is 0 Å². The van der Waals surface area contributed by atoms with Gasteiger partial charge in [-0.2, -0.15) is 0 Å². The maximum absolute atomic E-state index is 12.7. The Morgan fingerprint density at radius 2 is 1.82 bits per heavy atom. The van der Waals surface area contributed by atoms with Gasteiger partial charge in [-0.05, 0) is 45.0 Å². The monoisotopic (exact) mass is 238 g/mol. The van der Waals surface area contributed by atoms with E-state index in [1.807, 2.05) is 20.8 Å². The summed E-state index contributed by atoms with van der Waals surface area (Å²) in [4.78, 5) is 13.4. The molecule has 0 atom stereocenters. The first-order valence-electron chi connectivity index (χ1n) is 5.57. The average molecular weight is 238 g/mol. The number of carbonyl (C=O) groups excluding carboxylic acids is 1. The highest BCUT2D eigenvalue weighted by atomic mass is 19.1. The smallest absolute Gasteiger partial charge is 0.240 e. The van der Waals surface area contributed by atoms with E-state index in [1.54, 1.807) is 19.2 Å². The molecule has 0 radical (unpaired) electrons. The van der Waals surface area contributed by atoms with E-state index in [4.69, 9.17) is 0 Å². The van der Waals surface area contributed by atoms with Crippen LogP contribution >= 0.6 is 0 Å². The lowest BCUT2D eigenvalue weighted by Gasteiger charge is -2.23. The van der Waals surface area contributed by atoms with Gasteiger partial charge in [0.2, 0.25) is 5.91 Å². The SMILES string of the molecule is CN(C(=O)CNC(C)(C)C)c1ccc(F)cc1. The number of hydrogen-bond acceptors (Lipinski definition) is 2. The van der Waals surface area contributed by atoms with Crippen LogP contribution in [0.15, 0.2) is 24.3 Å². The molecule has 0 unspecified atom stereocenters. The number of anilines is 1. The Morgan fingerprint density at radius 3 is 2.29 bits per heavy atom. The van der Waals surface area contributed by atoms with Gasteiger partial charge in [-0.15, -0.1) is 0 Å². The molecular weight excluding hydrogens is 219 g/mol. The summed E-state index contributed by atoms with van der Waals surface area (Å²) in [6.07, 6.45) is 0. The normalized spacial score (nSPS) is 11.4. The van der Waals surface area contributed by atoms with Gasteiger partial charge in [-0.1, -0.05) is 0 Å². The minimum absolute atomic E-state index is 0.0495. The summed E-state index contributed by atoms with van der Waals surface area (Å²) in [7, 11) is 1.68. The second-order valence-electron chi connectivity index (χ2n) is 5.03. The third-order valence-corrected chi connectivity index (χ3v) is 2.36. The molecule has 0 saturated carbocycles. The number of benzene rings is 1. The van der Waals surface area contributed by atoms with Gasteiger partial charge >= 0.3 is 0 Å². The highest BCUT2D eigenvalue weighted by Gasteiger charge is 2.15. The average Bonchev–Trinajstić information content (AvgIpc) is 2.25. The summed E-state index contributed by atoms with van der Waals surface area (Å²) in [5.74, 6) is -0.353. The molecule has 0 aromatic heterocycles. The highest BCUT2D eigenvalue weighted by molar-refractivity contribution is 5.94. The minimum atomic E-state index is -0.303. The molecule has 0 fully saturated rings. The third kappa shape index (κ3) is 4.53. The van der Waals surface area contributed by atoms with Crippen LogP contribution in [0, 0.1) is 5.82 Å². The van der Waals surface area contributed by atoms with E-state index in [2.05, 4.69) is 5.32 Å². The largest absolute Gasteiger partial charge is 0.314 e. The molecular formula is C13H19FN2O. The summed E-state index contributed by atoms with van der Waals surface area (Å²) in [5, 5.41) is 3.12. The number of nitrogens with zero attached hydrogens (tertiary/aromatic N) is 1. The molecule has 1 aromatic carbocycles. The van der Waals surface area contributed by atoms with Crippen molar-refractivity contribution in [3.05, 3.63) is 30.1 Å². The first kappa shape index (κ1) is 13.6. The predicted molar refractivity (Wildman–Crippen MR) is 67.6 cm³/mol. The van der Waals surface area contributed by atoms with Crippen molar-refractivity contribution in [3.8, 4) is 0 Å². The number of hydrogen-bond donors (Lipinski definition) is 1. The quantitative estimate of drug-likeness (QED) is 0.875. The van der Waals surface area contributed by atoms with E-state index in [9.17, 15) is 9.18 Å². The fourth-order valence-electron chi connectivity index (χ4n) is 1.27. The van der Waals surface area contributed by atoms with E-state index in [0.717, 1.165) is 0 Å². The maximum Gasteiger partial charge on any atom is 0.240 e. The van der Waals surface area contributed by atoms with E-state index < -0.39 is 0 Å². The maximum atomic E-state index is 12.7. The molecule has 1 rings (SSSR count). The lowest BCUT2D eigenvalue weighted by Crippen LogP contribution is -2.43. The van der Waals surface area contributed by atoms with Crippen LogP contribution in [-0.4, -0.2) is 25.0 Å². The molecule has 17 heavy (non-hydrogen) atoms. The fourth-order valence-corrected chi connectivity index (χ4v) is 1.27. The van der Waals surface area contributed by atoms with Crippen LogP contribution in [-0.2, 0) is 4.79 Å². The van der Waals surface area contributed by atoms with Crippen molar-refractivity contribution in [2.24, 2.45) is 0 Å². The standard InChI is InChI=1S/C13H19FN2O/c1-13(2,3)15-9-12(17)16(4)11-7-5-10(14)6-8-11/h5-8,15H,9H2,1-4H3. The van der Waals surface area contributed by atoms with Gasteiger partial charge < -0.3 is 10.2 Å². The zero-order valence-electron chi connectivity index (χ0n) is 10.7. The van der Waals surface area contributed by atoms with Gasteiger partial charge in [0.05, 0.1) is 6.54 Å². The molecule has 3 nitrogen and oxygen atoms in total. The lowest BCUT2D eigenvalue weighted by atomic mass is 10.1. The summed E-state index contributed by atoms with van der Waals surface area (Å²) < 4.78 is 12.7. The first-order chi connectivity index (χ1) is 7.79. The van der Waals surface area contributed by atoms with Crippen molar-refractivity contribution in [1.29, 1.82) is 0 Å². The van der Waals surface area contributed by atoms with Crippen LogP contribution in [0.1, 0.15) is 20.8 Å². The van der Waals surface area contributed by atoms with Crippen LogP contribution in [0.4, 0.5) is 10.1 Å². The van der Waals surface area contributed by atoms with Crippen molar-refractivity contribution in [2.45, 2.75) is 26.3 Å². The Labute approximate surface area is 102 Å². The number of rotatable bonds is 3. The van der Waals surface area contributed by atoms with Crippen LogP contribution in [0.25, 0.3) is 0 Å². The number of halogens is 1. The highest BCUT2D eigenvalue weighted by Crippen LogP contribution is 2.13. The Kier molecular flexibility index (Phi) is 4.23. The molecule has 0 saturated heterocycles. The molecule has 1 N–H and O–H groups in total. The molecule has 0 aliphatic rings. The molecule has 0 heterocycles. The summed E-state index contributed by atoms with van der Waals surface area (Å²) in [5.41, 5.74) is 0.589. The van der Waals surface area contributed by atoms with Crippen molar-refractivity contribution in [1.82, 2.24) is 5.32 Å². The third-order valence-electron chi connectivity index (χ3n) is 2.36. The van der Waals surface area contributed by atoms with Crippen molar-refractivity contribution in [3.63, 3.8) is 0 Å². The molecule has 0 aliphatic heterocycles. The molecule has 94 valence electrons. The van der Waals surface area contributed by atoms with E-state index in [1.165, 1.54) is 17.0 Å². The number of amides is 1. The molecule has 0 aliphatic carbocycles. The molecule has 0 spiro atoms. The van der Waals surface area contributed by atoms with Gasteiger partial charge in [0.1, 0.15) is 5.82 Å². The van der Waals surface area contributed by atoms with Gasteiger partial charge in [0, 0.05) is 18.3 Å². The van der Waals surface area contributed by atoms with E-state index in [0.29, 0.717) is 5.69 Å². The van der Waals surface area contributed by atoms with E-state index >= 15 is 0 Å². The van der Waals surface area contributed by atoms with Gasteiger partial charge in [0.25, 0.3) is 0 Å². The second kappa shape index (κ2) is 5.27. The summed E-state index contributed by atoms with van der Waals surface area (Å²) in [6, 6.07) is 5.86. The number of nitrogens with one attached hydrogen (secondary N) is 1. The fraction of sp³-hybridized carbons (Fsp3) is 0.462. The summed E-state index contributed by atoms with van der Waals surface area (Å²) >= 11 is 0. The first-order valence-corrected chi connectivity index (χ1v) is 5.57. The topological polar surface area (TPSA) is 32.3 Å². The molecule has 0 bridgehead atoms. The van der Waals surface area contributed by atoms with Gasteiger partial charge in [0.15, 0.2) is 0 Å². The molecule has 4 heteroatoms. The number of likely N-dealkylation sites (N-methyl/N-ethyl adjacent to an activating group) is 1. The van der Waals surface area contributed by atoms with Gasteiger partial charge in [-0.3, -0.25) is 4.79 Å². The predicted octanol–water partition coefficient (Wildman–Crippen LogP) is 2.18. The Balaban J connectivity index is 2.61. The zero-order valence-corrected chi connectivity index (χ0v) is 10.7. The minimum Gasteiger partial charge on any atom is -0.314 e. The van der Waals surface area contributed by atoms with Crippen molar-refractivity contribution < 1.29 is 9.18 Å². The summed E-state index contributed by atoms with van der Waals surface area (Å²) in [6.45, 7) is 6.26. The lowest BCUT2D eigenvalue weighted by molar-refractivity contribution is -0.117. The Hall–Kier alpha value is -1.42. The van der Waals surface area contributed by atoms with Crippen molar-refractivity contribution in [2.75, 3.05) is 18.5 Å². The van der Waals surface area contributed by atoms with Crippen LogP contribution in [0.5, 0.6) is 0 Å². The zero-order chi connectivity index (χ0) is 13.1.